The number of esters is 1. The minimum absolute atomic E-state index is 0. The lowest BCUT2D eigenvalue weighted by Gasteiger charge is -2.03. The molecular weight excluding hydrogens is 194 g/mol. The number of carbonyl (C=O) groups is 1. The number of nitrogens with two attached hydrogens (primary N) is 1. The van der Waals surface area contributed by atoms with Gasteiger partial charge in [0.25, 0.3) is 0 Å². The molecule has 6 heteroatoms. The molecule has 0 bridgehead atoms. The quantitative estimate of drug-likeness (QED) is 0.702. The van der Waals surface area contributed by atoms with Crippen molar-refractivity contribution in [3.8, 4) is 0 Å². The fourth-order valence-corrected chi connectivity index (χ4v) is 0.878. The SMILES string of the molecule is COC(=O)Cn1ccnc1CN.Cl. The zero-order valence-electron chi connectivity index (χ0n) is 7.27. The van der Waals surface area contributed by atoms with Crippen LogP contribution in [0.1, 0.15) is 5.82 Å². The summed E-state index contributed by atoms with van der Waals surface area (Å²) in [6, 6.07) is 0. The first-order chi connectivity index (χ1) is 5.77. The van der Waals surface area contributed by atoms with Crippen LogP contribution in [-0.4, -0.2) is 22.6 Å². The Labute approximate surface area is 82.3 Å². The molecule has 1 heterocycles. The van der Waals surface area contributed by atoms with E-state index in [1.54, 1.807) is 17.0 Å². The molecule has 1 rings (SSSR count). The van der Waals surface area contributed by atoms with E-state index in [-0.39, 0.29) is 24.9 Å². The van der Waals surface area contributed by atoms with Gasteiger partial charge in [0.1, 0.15) is 12.4 Å². The summed E-state index contributed by atoms with van der Waals surface area (Å²) >= 11 is 0. The largest absolute Gasteiger partial charge is 0.468 e. The van der Waals surface area contributed by atoms with Gasteiger partial charge in [-0.15, -0.1) is 12.4 Å². The van der Waals surface area contributed by atoms with Crippen molar-refractivity contribution in [1.29, 1.82) is 0 Å². The number of hydrogen-bond acceptors (Lipinski definition) is 4. The first-order valence-corrected chi connectivity index (χ1v) is 3.55. The Morgan fingerprint density at radius 1 is 1.77 bits per heavy atom. The molecule has 0 fully saturated rings. The third-order valence-electron chi connectivity index (χ3n) is 1.51. The van der Waals surface area contributed by atoms with Crippen LogP contribution in [-0.2, 0) is 22.6 Å². The standard InChI is InChI=1S/C7H11N3O2.ClH/c1-12-7(11)5-10-3-2-9-6(10)4-8;/h2-3H,4-5,8H2,1H3;1H. The number of nitrogens with zero attached hydrogens (tertiary/aromatic N) is 2. The fourth-order valence-electron chi connectivity index (χ4n) is 0.878. The van der Waals surface area contributed by atoms with Crippen molar-refractivity contribution in [2.45, 2.75) is 13.1 Å². The zero-order valence-corrected chi connectivity index (χ0v) is 8.08. The van der Waals surface area contributed by atoms with E-state index in [0.717, 1.165) is 0 Å². The molecule has 74 valence electrons. The highest BCUT2D eigenvalue weighted by molar-refractivity contribution is 5.85. The Balaban J connectivity index is 0.00000144. The van der Waals surface area contributed by atoms with Crippen molar-refractivity contribution in [2.24, 2.45) is 5.73 Å². The maximum atomic E-state index is 10.8. The number of halogens is 1. The van der Waals surface area contributed by atoms with Crippen molar-refractivity contribution in [3.05, 3.63) is 18.2 Å². The number of aromatic nitrogens is 2. The predicted molar refractivity (Wildman–Crippen MR) is 49.4 cm³/mol. The molecule has 0 radical (unpaired) electrons. The highest BCUT2D eigenvalue weighted by atomic mass is 35.5. The number of carbonyl (C=O) groups excluding carboxylic acids is 1. The van der Waals surface area contributed by atoms with Crippen LogP contribution in [0.3, 0.4) is 0 Å². The molecule has 1 aromatic heterocycles. The minimum Gasteiger partial charge on any atom is -0.468 e. The Morgan fingerprint density at radius 2 is 2.46 bits per heavy atom. The third-order valence-corrected chi connectivity index (χ3v) is 1.51. The van der Waals surface area contributed by atoms with E-state index in [4.69, 9.17) is 5.73 Å². The van der Waals surface area contributed by atoms with Crippen molar-refractivity contribution in [2.75, 3.05) is 7.11 Å². The molecule has 0 aromatic carbocycles. The first kappa shape index (κ1) is 11.9. The monoisotopic (exact) mass is 205 g/mol. The second-order valence-corrected chi connectivity index (χ2v) is 2.25. The molecule has 0 aliphatic rings. The van der Waals surface area contributed by atoms with Gasteiger partial charge in [0.15, 0.2) is 0 Å². The van der Waals surface area contributed by atoms with Gasteiger partial charge in [-0.1, -0.05) is 0 Å². The van der Waals surface area contributed by atoms with Crippen LogP contribution < -0.4 is 5.73 Å². The number of methoxy groups -OCH3 is 1. The number of imidazole rings is 1. The summed E-state index contributed by atoms with van der Waals surface area (Å²) in [6.45, 7) is 0.493. The number of rotatable bonds is 3. The van der Waals surface area contributed by atoms with Gasteiger partial charge in [-0.3, -0.25) is 4.79 Å². The molecule has 0 aliphatic heterocycles. The van der Waals surface area contributed by atoms with Gasteiger partial charge in [0.05, 0.1) is 13.7 Å². The Hall–Kier alpha value is -1.07. The van der Waals surface area contributed by atoms with Gasteiger partial charge >= 0.3 is 5.97 Å². The van der Waals surface area contributed by atoms with Gasteiger partial charge in [0.2, 0.25) is 0 Å². The van der Waals surface area contributed by atoms with Crippen LogP contribution in [0.15, 0.2) is 12.4 Å². The van der Waals surface area contributed by atoms with Crippen molar-refractivity contribution >= 4 is 18.4 Å². The Kier molecular flexibility index (Phi) is 5.10. The van der Waals surface area contributed by atoms with E-state index in [9.17, 15) is 4.79 Å². The molecular formula is C7H12ClN3O2. The molecule has 0 saturated carbocycles. The smallest absolute Gasteiger partial charge is 0.325 e. The Bertz CT molecular complexity index is 274. The topological polar surface area (TPSA) is 70.1 Å². The van der Waals surface area contributed by atoms with Gasteiger partial charge in [-0.05, 0) is 0 Å². The van der Waals surface area contributed by atoms with Gasteiger partial charge < -0.3 is 15.0 Å². The summed E-state index contributed by atoms with van der Waals surface area (Å²) in [5, 5.41) is 0. The van der Waals surface area contributed by atoms with Gasteiger partial charge in [-0.2, -0.15) is 0 Å². The maximum Gasteiger partial charge on any atom is 0.325 e. The lowest BCUT2D eigenvalue weighted by atomic mass is 10.5. The average Bonchev–Trinajstić information content (AvgIpc) is 2.51. The molecule has 0 saturated heterocycles. The summed E-state index contributed by atoms with van der Waals surface area (Å²) in [7, 11) is 1.35. The Morgan fingerprint density at radius 3 is 3.00 bits per heavy atom. The van der Waals surface area contributed by atoms with Crippen LogP contribution >= 0.6 is 12.4 Å². The van der Waals surface area contributed by atoms with E-state index < -0.39 is 0 Å². The predicted octanol–water partition coefficient (Wildman–Crippen LogP) is -0.0634. The van der Waals surface area contributed by atoms with Crippen LogP contribution in [0.4, 0.5) is 0 Å². The second-order valence-electron chi connectivity index (χ2n) is 2.25. The summed E-state index contributed by atoms with van der Waals surface area (Å²) in [6.07, 6.45) is 3.30. The lowest BCUT2D eigenvalue weighted by molar-refractivity contribution is -0.141. The summed E-state index contributed by atoms with van der Waals surface area (Å²) < 4.78 is 6.15. The summed E-state index contributed by atoms with van der Waals surface area (Å²) in [5.74, 6) is 0.378. The van der Waals surface area contributed by atoms with E-state index >= 15 is 0 Å². The normalized spacial score (nSPS) is 9.08. The zero-order chi connectivity index (χ0) is 8.97. The maximum absolute atomic E-state index is 10.8. The highest BCUT2D eigenvalue weighted by Crippen LogP contribution is 1.96. The number of ether oxygens (including phenoxy) is 1. The molecule has 0 unspecified atom stereocenters. The van der Waals surface area contributed by atoms with Gasteiger partial charge in [-0.25, -0.2) is 4.98 Å². The summed E-state index contributed by atoms with van der Waals surface area (Å²) in [5.41, 5.74) is 5.38. The third kappa shape index (κ3) is 3.04. The van der Waals surface area contributed by atoms with Crippen molar-refractivity contribution in [3.63, 3.8) is 0 Å². The lowest BCUT2D eigenvalue weighted by Crippen LogP contribution is -2.15. The van der Waals surface area contributed by atoms with Gasteiger partial charge in [0, 0.05) is 12.4 Å². The minimum atomic E-state index is -0.303. The molecule has 0 atom stereocenters. The molecule has 13 heavy (non-hydrogen) atoms. The van der Waals surface area contributed by atoms with Crippen LogP contribution in [0.25, 0.3) is 0 Å². The van der Waals surface area contributed by atoms with Crippen molar-refractivity contribution in [1.82, 2.24) is 9.55 Å². The molecule has 0 aliphatic carbocycles. The molecule has 0 spiro atoms. The molecule has 2 N–H and O–H groups in total. The van der Waals surface area contributed by atoms with E-state index in [1.165, 1.54) is 7.11 Å². The van der Waals surface area contributed by atoms with E-state index in [2.05, 4.69) is 9.72 Å². The second kappa shape index (κ2) is 5.55. The average molecular weight is 206 g/mol. The molecule has 5 nitrogen and oxygen atoms in total. The van der Waals surface area contributed by atoms with E-state index in [0.29, 0.717) is 12.4 Å². The first-order valence-electron chi connectivity index (χ1n) is 3.55. The number of hydrogen-bond donors (Lipinski definition) is 1. The van der Waals surface area contributed by atoms with Crippen LogP contribution in [0.2, 0.25) is 0 Å². The van der Waals surface area contributed by atoms with E-state index in [1.807, 2.05) is 0 Å². The molecule has 0 amide bonds. The van der Waals surface area contributed by atoms with Crippen LogP contribution in [0, 0.1) is 0 Å². The van der Waals surface area contributed by atoms with Crippen molar-refractivity contribution < 1.29 is 9.53 Å². The molecule has 1 aromatic rings. The van der Waals surface area contributed by atoms with Crippen LogP contribution in [0.5, 0.6) is 0 Å². The summed E-state index contributed by atoms with van der Waals surface area (Å²) in [4.78, 5) is 14.8. The highest BCUT2D eigenvalue weighted by Gasteiger charge is 2.05. The fraction of sp³-hybridized carbons (Fsp3) is 0.429.